The summed E-state index contributed by atoms with van der Waals surface area (Å²) in [4.78, 5) is 34.6. The lowest BCUT2D eigenvalue weighted by Gasteiger charge is -2.15. The van der Waals surface area contributed by atoms with E-state index < -0.39 is 5.82 Å². The van der Waals surface area contributed by atoms with Gasteiger partial charge in [0.2, 0.25) is 11.9 Å². The molecule has 2 N–H and O–H groups in total. The molecule has 206 valence electrons. The van der Waals surface area contributed by atoms with Crippen LogP contribution in [0.2, 0.25) is 0 Å². The molecule has 0 aliphatic heterocycles. The van der Waals surface area contributed by atoms with E-state index in [9.17, 15) is 14.0 Å². The maximum absolute atomic E-state index is 15.1. The van der Waals surface area contributed by atoms with Crippen molar-refractivity contribution in [2.45, 2.75) is 6.54 Å². The van der Waals surface area contributed by atoms with Gasteiger partial charge in [0.25, 0.3) is 5.91 Å². The van der Waals surface area contributed by atoms with E-state index in [1.165, 1.54) is 23.1 Å². The van der Waals surface area contributed by atoms with Crippen LogP contribution in [0.15, 0.2) is 91.6 Å². The van der Waals surface area contributed by atoms with Gasteiger partial charge in [0.15, 0.2) is 5.82 Å². The normalized spacial score (nSPS) is 10.8. The van der Waals surface area contributed by atoms with Crippen LogP contribution >= 0.6 is 0 Å². The lowest BCUT2D eigenvalue weighted by Crippen LogP contribution is -2.24. The van der Waals surface area contributed by atoms with E-state index in [4.69, 9.17) is 0 Å². The van der Waals surface area contributed by atoms with Crippen LogP contribution < -0.4 is 10.6 Å². The van der Waals surface area contributed by atoms with Crippen LogP contribution in [0.5, 0.6) is 0 Å². The third-order valence-electron chi connectivity index (χ3n) is 6.37. The van der Waals surface area contributed by atoms with E-state index in [2.05, 4.69) is 27.2 Å². The van der Waals surface area contributed by atoms with Crippen molar-refractivity contribution in [1.29, 1.82) is 0 Å². The molecule has 0 aliphatic carbocycles. The first-order valence-electron chi connectivity index (χ1n) is 12.6. The highest BCUT2D eigenvalue weighted by atomic mass is 19.1. The van der Waals surface area contributed by atoms with Gasteiger partial charge < -0.3 is 20.1 Å². The maximum Gasteiger partial charge on any atom is 0.270 e. The Bertz CT molecular complexity index is 1780. The summed E-state index contributed by atoms with van der Waals surface area (Å²) in [6.45, 7) is 3.75. The fourth-order valence-electron chi connectivity index (χ4n) is 4.38. The maximum atomic E-state index is 15.1. The highest BCUT2D eigenvalue weighted by Crippen LogP contribution is 2.30. The zero-order valence-electron chi connectivity index (χ0n) is 22.4. The molecule has 10 heteroatoms. The summed E-state index contributed by atoms with van der Waals surface area (Å²) < 4.78 is 30.4. The van der Waals surface area contributed by atoms with Crippen LogP contribution in [0, 0.1) is 11.6 Å². The Morgan fingerprint density at radius 1 is 1.00 bits per heavy atom. The van der Waals surface area contributed by atoms with E-state index >= 15 is 4.39 Å². The number of aromatic nitrogens is 3. The Morgan fingerprint density at radius 2 is 1.76 bits per heavy atom. The van der Waals surface area contributed by atoms with Crippen molar-refractivity contribution < 1.29 is 18.4 Å². The Morgan fingerprint density at radius 3 is 2.49 bits per heavy atom. The Hall–Kier alpha value is -5.38. The molecule has 8 nitrogen and oxygen atoms in total. The second kappa shape index (κ2) is 11.4. The molecule has 5 rings (SSSR count). The van der Waals surface area contributed by atoms with Gasteiger partial charge in [0, 0.05) is 48.5 Å². The van der Waals surface area contributed by atoms with Crippen molar-refractivity contribution in [3.63, 3.8) is 0 Å². The molecular formula is C31H26F2N6O2. The number of rotatable bonds is 8. The number of carbonyl (C=O) groups is 2. The third-order valence-corrected chi connectivity index (χ3v) is 6.37. The molecule has 0 aliphatic rings. The number of nitrogens with one attached hydrogen (secondary N) is 2. The van der Waals surface area contributed by atoms with Crippen LogP contribution in [-0.2, 0) is 11.3 Å². The van der Waals surface area contributed by atoms with Gasteiger partial charge in [-0.25, -0.2) is 18.7 Å². The highest BCUT2D eigenvalue weighted by Gasteiger charge is 2.19. The van der Waals surface area contributed by atoms with E-state index in [1.807, 2.05) is 4.57 Å². The first-order valence-corrected chi connectivity index (χ1v) is 12.6. The number of hydrogen-bond acceptors (Lipinski definition) is 5. The zero-order valence-corrected chi connectivity index (χ0v) is 22.4. The van der Waals surface area contributed by atoms with E-state index in [0.717, 1.165) is 17.1 Å². The van der Waals surface area contributed by atoms with Crippen LogP contribution in [-0.4, -0.2) is 45.3 Å². The number of anilines is 3. The van der Waals surface area contributed by atoms with Crippen molar-refractivity contribution in [2.75, 3.05) is 24.7 Å². The summed E-state index contributed by atoms with van der Waals surface area (Å²) in [5.41, 5.74) is 3.60. The minimum Gasteiger partial charge on any atom is -0.343 e. The predicted octanol–water partition coefficient (Wildman–Crippen LogP) is 5.99. The minimum atomic E-state index is -0.622. The monoisotopic (exact) mass is 552 g/mol. The molecule has 2 heterocycles. The molecule has 2 aromatic heterocycles. The highest BCUT2D eigenvalue weighted by molar-refractivity contribution is 6.00. The third kappa shape index (κ3) is 5.96. The van der Waals surface area contributed by atoms with Crippen LogP contribution in [0.25, 0.3) is 22.2 Å². The number of benzene rings is 3. The largest absolute Gasteiger partial charge is 0.343 e. The summed E-state index contributed by atoms with van der Waals surface area (Å²) in [6, 6.07) is 20.0. The van der Waals surface area contributed by atoms with Gasteiger partial charge in [0.1, 0.15) is 17.2 Å². The molecule has 0 saturated heterocycles. The number of hydrogen-bond donors (Lipinski definition) is 2. The van der Waals surface area contributed by atoms with E-state index in [1.54, 1.807) is 74.8 Å². The molecule has 0 saturated carbocycles. The van der Waals surface area contributed by atoms with Gasteiger partial charge in [-0.3, -0.25) is 9.59 Å². The standard InChI is InChI=1S/C31H26F2N6O2/c1-4-28(40)35-23-6-5-7-24(16-23)36-31-34-17-25(33)29(37-31)21-11-10-20-14-27(30(41)38(2)3)39(26(20)15-21)18-19-8-12-22(32)13-9-19/h4-17H,1,18H2,2-3H3,(H,35,40)(H,34,36,37). The van der Waals surface area contributed by atoms with Crippen molar-refractivity contribution in [1.82, 2.24) is 19.4 Å². The lowest BCUT2D eigenvalue weighted by molar-refractivity contribution is -0.111. The lowest BCUT2D eigenvalue weighted by atomic mass is 10.1. The molecule has 5 aromatic rings. The number of carbonyl (C=O) groups excluding carboxylic acids is 2. The molecule has 0 bridgehead atoms. The summed E-state index contributed by atoms with van der Waals surface area (Å²) in [5, 5.41) is 6.50. The van der Waals surface area contributed by atoms with Gasteiger partial charge >= 0.3 is 0 Å². The van der Waals surface area contributed by atoms with E-state index in [-0.39, 0.29) is 29.3 Å². The van der Waals surface area contributed by atoms with E-state index in [0.29, 0.717) is 34.7 Å². The zero-order chi connectivity index (χ0) is 29.1. The summed E-state index contributed by atoms with van der Waals surface area (Å²) >= 11 is 0. The van der Waals surface area contributed by atoms with Crippen molar-refractivity contribution in [3.8, 4) is 11.3 Å². The van der Waals surface area contributed by atoms with Crippen molar-refractivity contribution >= 4 is 40.0 Å². The molecule has 2 amide bonds. The van der Waals surface area contributed by atoms with Gasteiger partial charge in [-0.2, -0.15) is 0 Å². The van der Waals surface area contributed by atoms with Crippen LogP contribution in [0.3, 0.4) is 0 Å². The first kappa shape index (κ1) is 27.2. The van der Waals surface area contributed by atoms with Gasteiger partial charge in [-0.05, 0) is 54.1 Å². The molecule has 0 atom stereocenters. The molecule has 3 aromatic carbocycles. The van der Waals surface area contributed by atoms with Crippen LogP contribution in [0.1, 0.15) is 16.1 Å². The Kier molecular flexibility index (Phi) is 7.55. The molecule has 0 fully saturated rings. The minimum absolute atomic E-state index is 0.0653. The van der Waals surface area contributed by atoms with Gasteiger partial charge in [-0.15, -0.1) is 0 Å². The summed E-state index contributed by atoms with van der Waals surface area (Å²) in [7, 11) is 3.34. The number of nitrogens with zero attached hydrogens (tertiary/aromatic N) is 4. The number of fused-ring (bicyclic) bond motifs is 1. The Balaban J connectivity index is 1.53. The summed E-state index contributed by atoms with van der Waals surface area (Å²) in [6.07, 6.45) is 2.25. The second-order valence-corrected chi connectivity index (χ2v) is 9.50. The molecule has 41 heavy (non-hydrogen) atoms. The average molecular weight is 553 g/mol. The quantitative estimate of drug-likeness (QED) is 0.231. The average Bonchev–Trinajstić information content (AvgIpc) is 3.32. The van der Waals surface area contributed by atoms with Crippen molar-refractivity contribution in [2.24, 2.45) is 0 Å². The molecule has 0 radical (unpaired) electrons. The number of amides is 2. The van der Waals surface area contributed by atoms with Crippen molar-refractivity contribution in [3.05, 3.63) is 115 Å². The molecule has 0 spiro atoms. The fourth-order valence-corrected chi connectivity index (χ4v) is 4.38. The summed E-state index contributed by atoms with van der Waals surface area (Å²) in [5.74, 6) is -1.37. The second-order valence-electron chi connectivity index (χ2n) is 9.50. The fraction of sp³-hybridized carbons (Fsp3) is 0.0968. The SMILES string of the molecule is C=CC(=O)Nc1cccc(Nc2ncc(F)c(-c3ccc4cc(C(=O)N(C)C)n(Cc5ccc(F)cc5)c4c3)n2)c1. The van der Waals surface area contributed by atoms with Gasteiger partial charge in [-0.1, -0.05) is 36.9 Å². The number of halogens is 2. The topological polar surface area (TPSA) is 92.1 Å². The van der Waals surface area contributed by atoms with Gasteiger partial charge in [0.05, 0.1) is 6.20 Å². The predicted molar refractivity (Wildman–Crippen MR) is 155 cm³/mol. The molecular weight excluding hydrogens is 526 g/mol. The first-order chi connectivity index (χ1) is 19.7. The smallest absolute Gasteiger partial charge is 0.270 e. The van der Waals surface area contributed by atoms with Crippen LogP contribution in [0.4, 0.5) is 26.1 Å². The molecule has 0 unspecified atom stereocenters. The Labute approximate surface area is 235 Å².